The molecule has 0 aliphatic carbocycles. The van der Waals surface area contributed by atoms with Crippen molar-refractivity contribution in [1.29, 1.82) is 0 Å². The van der Waals surface area contributed by atoms with E-state index in [1.165, 1.54) is 24.3 Å². The van der Waals surface area contributed by atoms with E-state index in [1.54, 1.807) is 24.4 Å². The number of pyridine rings is 1. The van der Waals surface area contributed by atoms with Crippen molar-refractivity contribution < 1.29 is 9.72 Å². The van der Waals surface area contributed by atoms with Crippen molar-refractivity contribution in [3.63, 3.8) is 0 Å². The van der Waals surface area contributed by atoms with Crippen LogP contribution in [-0.2, 0) is 4.79 Å². The van der Waals surface area contributed by atoms with Gasteiger partial charge in [0, 0.05) is 29.8 Å². The SMILES string of the molecule is O=C(C=Cc1cccc([N+](=O)[O-])c1)Nc1cccc2cccnc12. The van der Waals surface area contributed by atoms with Gasteiger partial charge in [0.25, 0.3) is 5.69 Å². The zero-order chi connectivity index (χ0) is 16.9. The van der Waals surface area contributed by atoms with Gasteiger partial charge in [0.15, 0.2) is 0 Å². The summed E-state index contributed by atoms with van der Waals surface area (Å²) < 4.78 is 0. The number of carbonyl (C=O) groups is 1. The lowest BCUT2D eigenvalue weighted by atomic mass is 10.2. The molecule has 0 saturated heterocycles. The van der Waals surface area contributed by atoms with Crippen LogP contribution >= 0.6 is 0 Å². The number of nitrogens with one attached hydrogen (secondary N) is 1. The average molecular weight is 319 g/mol. The molecule has 3 rings (SSSR count). The molecule has 0 spiro atoms. The minimum absolute atomic E-state index is 0.0178. The molecule has 118 valence electrons. The maximum atomic E-state index is 12.1. The fourth-order valence-corrected chi connectivity index (χ4v) is 2.29. The number of fused-ring (bicyclic) bond motifs is 1. The van der Waals surface area contributed by atoms with Crippen LogP contribution in [0, 0.1) is 10.1 Å². The van der Waals surface area contributed by atoms with E-state index in [0.29, 0.717) is 16.8 Å². The quantitative estimate of drug-likeness (QED) is 0.450. The highest BCUT2D eigenvalue weighted by Gasteiger charge is 2.06. The normalized spacial score (nSPS) is 10.8. The smallest absolute Gasteiger partial charge is 0.270 e. The van der Waals surface area contributed by atoms with Gasteiger partial charge in [0.1, 0.15) is 0 Å². The van der Waals surface area contributed by atoms with E-state index in [1.807, 2.05) is 24.3 Å². The van der Waals surface area contributed by atoms with E-state index >= 15 is 0 Å². The third-order valence-corrected chi connectivity index (χ3v) is 3.40. The van der Waals surface area contributed by atoms with Gasteiger partial charge >= 0.3 is 0 Å². The van der Waals surface area contributed by atoms with Gasteiger partial charge in [-0.05, 0) is 23.8 Å². The van der Waals surface area contributed by atoms with E-state index in [-0.39, 0.29) is 11.6 Å². The minimum atomic E-state index is -0.473. The second-order valence-corrected chi connectivity index (χ2v) is 5.06. The Bertz CT molecular complexity index is 946. The number of nitro groups is 1. The molecule has 0 saturated carbocycles. The fraction of sp³-hybridized carbons (Fsp3) is 0. The summed E-state index contributed by atoms with van der Waals surface area (Å²) in [5.74, 6) is -0.334. The molecule has 0 radical (unpaired) electrons. The predicted molar refractivity (Wildman–Crippen MR) is 92.5 cm³/mol. The maximum absolute atomic E-state index is 12.1. The number of benzene rings is 2. The molecule has 0 bridgehead atoms. The predicted octanol–water partition coefficient (Wildman–Crippen LogP) is 3.79. The topological polar surface area (TPSA) is 85.1 Å². The van der Waals surface area contributed by atoms with Crippen molar-refractivity contribution in [2.75, 3.05) is 5.32 Å². The highest BCUT2D eigenvalue weighted by Crippen LogP contribution is 2.20. The number of hydrogen-bond acceptors (Lipinski definition) is 4. The summed E-state index contributed by atoms with van der Waals surface area (Å²) in [6.45, 7) is 0. The van der Waals surface area contributed by atoms with Gasteiger partial charge in [0.05, 0.1) is 16.1 Å². The Kier molecular flexibility index (Phi) is 4.29. The summed E-state index contributed by atoms with van der Waals surface area (Å²) in [6, 6.07) is 15.3. The summed E-state index contributed by atoms with van der Waals surface area (Å²) in [4.78, 5) is 26.6. The molecule has 1 N–H and O–H groups in total. The molecule has 1 amide bonds. The van der Waals surface area contributed by atoms with Crippen LogP contribution in [0.3, 0.4) is 0 Å². The van der Waals surface area contributed by atoms with Crippen LogP contribution in [-0.4, -0.2) is 15.8 Å². The molecular formula is C18H13N3O3. The lowest BCUT2D eigenvalue weighted by molar-refractivity contribution is -0.384. The van der Waals surface area contributed by atoms with Crippen LogP contribution < -0.4 is 5.32 Å². The van der Waals surface area contributed by atoms with E-state index in [2.05, 4.69) is 10.3 Å². The van der Waals surface area contributed by atoms with E-state index in [9.17, 15) is 14.9 Å². The number of amides is 1. The first kappa shape index (κ1) is 15.4. The van der Waals surface area contributed by atoms with Crippen LogP contribution in [0.25, 0.3) is 17.0 Å². The third-order valence-electron chi connectivity index (χ3n) is 3.40. The summed E-state index contributed by atoms with van der Waals surface area (Å²) in [6.07, 6.45) is 4.53. The van der Waals surface area contributed by atoms with Gasteiger partial charge in [0.2, 0.25) is 5.91 Å². The van der Waals surface area contributed by atoms with Crippen LogP contribution in [0.1, 0.15) is 5.56 Å². The van der Waals surface area contributed by atoms with Crippen LogP contribution in [0.15, 0.2) is 66.9 Å². The highest BCUT2D eigenvalue weighted by atomic mass is 16.6. The van der Waals surface area contributed by atoms with Gasteiger partial charge in [-0.15, -0.1) is 0 Å². The Hall–Kier alpha value is -3.54. The maximum Gasteiger partial charge on any atom is 0.270 e. The van der Waals surface area contributed by atoms with Crippen LogP contribution in [0.4, 0.5) is 11.4 Å². The molecule has 0 aliphatic heterocycles. The Morgan fingerprint density at radius 3 is 2.75 bits per heavy atom. The van der Waals surface area contributed by atoms with Crippen molar-refractivity contribution in [3.05, 3.63) is 82.5 Å². The molecule has 6 heteroatoms. The fourth-order valence-electron chi connectivity index (χ4n) is 2.29. The molecule has 24 heavy (non-hydrogen) atoms. The number of carbonyl (C=O) groups excluding carboxylic acids is 1. The van der Waals surface area contributed by atoms with Crippen molar-refractivity contribution in [3.8, 4) is 0 Å². The molecule has 6 nitrogen and oxygen atoms in total. The largest absolute Gasteiger partial charge is 0.321 e. The van der Waals surface area contributed by atoms with Gasteiger partial charge in [-0.25, -0.2) is 0 Å². The Morgan fingerprint density at radius 1 is 1.12 bits per heavy atom. The molecule has 1 aromatic heterocycles. The van der Waals surface area contributed by atoms with Crippen molar-refractivity contribution >= 4 is 34.3 Å². The Labute approximate surface area is 137 Å². The highest BCUT2D eigenvalue weighted by molar-refractivity contribution is 6.06. The summed E-state index contributed by atoms with van der Waals surface area (Å²) in [5.41, 5.74) is 1.88. The molecule has 0 unspecified atom stereocenters. The zero-order valence-electron chi connectivity index (χ0n) is 12.5. The molecule has 2 aromatic carbocycles. The second kappa shape index (κ2) is 6.70. The van der Waals surface area contributed by atoms with Crippen molar-refractivity contribution in [1.82, 2.24) is 4.98 Å². The Morgan fingerprint density at radius 2 is 1.92 bits per heavy atom. The molecular weight excluding hydrogens is 306 g/mol. The summed E-state index contributed by atoms with van der Waals surface area (Å²) in [5, 5.41) is 14.5. The first-order chi connectivity index (χ1) is 11.6. The third kappa shape index (κ3) is 3.44. The number of para-hydroxylation sites is 1. The lowest BCUT2D eigenvalue weighted by Gasteiger charge is -2.05. The molecule has 0 fully saturated rings. The summed E-state index contributed by atoms with van der Waals surface area (Å²) >= 11 is 0. The average Bonchev–Trinajstić information content (AvgIpc) is 2.60. The monoisotopic (exact) mass is 319 g/mol. The number of nitro benzene ring substituents is 1. The van der Waals surface area contributed by atoms with Crippen LogP contribution in [0.2, 0.25) is 0 Å². The number of rotatable bonds is 4. The minimum Gasteiger partial charge on any atom is -0.321 e. The number of aromatic nitrogens is 1. The van der Waals surface area contributed by atoms with Crippen molar-refractivity contribution in [2.45, 2.75) is 0 Å². The van der Waals surface area contributed by atoms with E-state index < -0.39 is 4.92 Å². The van der Waals surface area contributed by atoms with Gasteiger partial charge in [-0.2, -0.15) is 0 Å². The Balaban J connectivity index is 1.78. The number of non-ortho nitro benzene ring substituents is 1. The first-order valence-corrected chi connectivity index (χ1v) is 7.21. The number of anilines is 1. The summed E-state index contributed by atoms with van der Waals surface area (Å²) in [7, 11) is 0. The van der Waals surface area contributed by atoms with Crippen molar-refractivity contribution in [2.24, 2.45) is 0 Å². The van der Waals surface area contributed by atoms with Crippen LogP contribution in [0.5, 0.6) is 0 Å². The molecule has 1 heterocycles. The second-order valence-electron chi connectivity index (χ2n) is 5.06. The molecule has 0 atom stereocenters. The number of nitrogens with zero attached hydrogens (tertiary/aromatic N) is 2. The molecule has 3 aromatic rings. The van der Waals surface area contributed by atoms with Gasteiger partial charge in [-0.3, -0.25) is 19.9 Å². The number of hydrogen-bond donors (Lipinski definition) is 1. The molecule has 0 aliphatic rings. The van der Waals surface area contributed by atoms with Gasteiger partial charge in [-0.1, -0.05) is 30.3 Å². The first-order valence-electron chi connectivity index (χ1n) is 7.21. The van der Waals surface area contributed by atoms with E-state index in [4.69, 9.17) is 0 Å². The standard InChI is InChI=1S/C18H13N3O3/c22-17(10-9-13-4-1-7-15(12-13)21(23)24)20-16-8-2-5-14-6-3-11-19-18(14)16/h1-12H,(H,20,22). The van der Waals surface area contributed by atoms with E-state index in [0.717, 1.165) is 5.39 Å². The van der Waals surface area contributed by atoms with Gasteiger partial charge < -0.3 is 5.32 Å². The zero-order valence-corrected chi connectivity index (χ0v) is 12.5. The lowest BCUT2D eigenvalue weighted by Crippen LogP contribution is -2.08.